The predicted molar refractivity (Wildman–Crippen MR) is 95.7 cm³/mol. The molecule has 6 nitrogen and oxygen atoms in total. The van der Waals surface area contributed by atoms with Crippen molar-refractivity contribution < 1.29 is 14.3 Å². The molecule has 3 N–H and O–H groups in total. The van der Waals surface area contributed by atoms with Crippen LogP contribution < -0.4 is 10.6 Å². The number of hydrogen-bond acceptors (Lipinski definition) is 4. The number of H-pyrrole nitrogens is 1. The fourth-order valence-electron chi connectivity index (χ4n) is 1.96. The van der Waals surface area contributed by atoms with Crippen molar-refractivity contribution in [3.05, 3.63) is 34.4 Å². The lowest BCUT2D eigenvalue weighted by molar-refractivity contribution is 0.0526. The zero-order valence-electron chi connectivity index (χ0n) is 13.7. The molecule has 2 amide bonds. The standard InChI is InChI=1S/C16H20ClN3O3S/c1-16(2,3)23-15(22)20-7-6-19-14(21)11-9-18-8-10(11)12-4-5-13(17)24-12/h4-5,8-9,18H,6-7H2,1-3H3,(H,19,21)(H,20,22). The number of nitrogens with one attached hydrogen (secondary N) is 3. The average Bonchev–Trinajstić information content (AvgIpc) is 3.09. The molecule has 0 aliphatic heterocycles. The lowest BCUT2D eigenvalue weighted by Crippen LogP contribution is -2.37. The molecule has 8 heteroatoms. The van der Waals surface area contributed by atoms with Gasteiger partial charge in [-0.25, -0.2) is 4.79 Å². The highest BCUT2D eigenvalue weighted by molar-refractivity contribution is 7.19. The van der Waals surface area contributed by atoms with Crippen molar-refractivity contribution in [3.8, 4) is 10.4 Å². The molecule has 0 aliphatic rings. The van der Waals surface area contributed by atoms with Crippen LogP contribution in [0.25, 0.3) is 10.4 Å². The zero-order valence-corrected chi connectivity index (χ0v) is 15.3. The average molecular weight is 370 g/mol. The molecule has 0 fully saturated rings. The van der Waals surface area contributed by atoms with Crippen molar-refractivity contribution in [2.24, 2.45) is 0 Å². The van der Waals surface area contributed by atoms with Gasteiger partial charge in [-0.1, -0.05) is 11.6 Å². The third-order valence-corrected chi connectivity index (χ3v) is 4.17. The number of hydrogen-bond donors (Lipinski definition) is 3. The second-order valence-corrected chi connectivity index (χ2v) is 7.79. The van der Waals surface area contributed by atoms with Crippen LogP contribution in [0.4, 0.5) is 4.79 Å². The number of alkyl carbamates (subject to hydrolysis) is 1. The summed E-state index contributed by atoms with van der Waals surface area (Å²) in [6.45, 7) is 5.95. The van der Waals surface area contributed by atoms with E-state index in [1.54, 1.807) is 39.2 Å². The topological polar surface area (TPSA) is 83.2 Å². The SMILES string of the molecule is CC(C)(C)OC(=O)NCCNC(=O)c1c[nH]cc1-c1ccc(Cl)s1. The maximum atomic E-state index is 12.3. The van der Waals surface area contributed by atoms with Crippen LogP contribution in [0.3, 0.4) is 0 Å². The molecule has 2 rings (SSSR count). The summed E-state index contributed by atoms with van der Waals surface area (Å²) in [5.74, 6) is -0.221. The molecule has 0 aliphatic carbocycles. The lowest BCUT2D eigenvalue weighted by atomic mass is 10.1. The van der Waals surface area contributed by atoms with E-state index < -0.39 is 11.7 Å². The number of thiophene rings is 1. The molecular formula is C16H20ClN3O3S. The first-order valence-corrected chi connectivity index (χ1v) is 8.63. The van der Waals surface area contributed by atoms with Gasteiger partial charge in [0.1, 0.15) is 5.60 Å². The van der Waals surface area contributed by atoms with Gasteiger partial charge in [0.05, 0.1) is 9.90 Å². The summed E-state index contributed by atoms with van der Waals surface area (Å²) in [4.78, 5) is 27.6. The summed E-state index contributed by atoms with van der Waals surface area (Å²) in [5, 5.41) is 5.35. The van der Waals surface area contributed by atoms with Crippen molar-refractivity contribution >= 4 is 34.9 Å². The van der Waals surface area contributed by atoms with E-state index in [2.05, 4.69) is 15.6 Å². The van der Waals surface area contributed by atoms with Gasteiger partial charge in [-0.05, 0) is 32.9 Å². The van der Waals surface area contributed by atoms with E-state index in [9.17, 15) is 9.59 Å². The lowest BCUT2D eigenvalue weighted by Gasteiger charge is -2.19. The van der Waals surface area contributed by atoms with E-state index >= 15 is 0 Å². The maximum Gasteiger partial charge on any atom is 0.407 e. The Morgan fingerprint density at radius 1 is 1.21 bits per heavy atom. The van der Waals surface area contributed by atoms with Crippen LogP contribution in [0.5, 0.6) is 0 Å². The summed E-state index contributed by atoms with van der Waals surface area (Å²) in [7, 11) is 0. The van der Waals surface area contributed by atoms with Gasteiger partial charge in [0.15, 0.2) is 0 Å². The highest BCUT2D eigenvalue weighted by Crippen LogP contribution is 2.32. The summed E-state index contributed by atoms with van der Waals surface area (Å²) < 4.78 is 5.78. The van der Waals surface area contributed by atoms with Crippen LogP contribution in [0.1, 0.15) is 31.1 Å². The molecule has 0 saturated carbocycles. The molecule has 130 valence electrons. The molecular weight excluding hydrogens is 350 g/mol. The first-order chi connectivity index (χ1) is 11.3. The summed E-state index contributed by atoms with van der Waals surface area (Å²) in [5.41, 5.74) is 0.783. The van der Waals surface area contributed by atoms with Gasteiger partial charge < -0.3 is 20.4 Å². The smallest absolute Gasteiger partial charge is 0.407 e. The van der Waals surface area contributed by atoms with Crippen LogP contribution in [-0.2, 0) is 4.74 Å². The third-order valence-electron chi connectivity index (χ3n) is 2.91. The predicted octanol–water partition coefficient (Wildman–Crippen LogP) is 3.65. The van der Waals surface area contributed by atoms with Crippen LogP contribution in [0.2, 0.25) is 4.34 Å². The monoisotopic (exact) mass is 369 g/mol. The largest absolute Gasteiger partial charge is 0.444 e. The molecule has 0 radical (unpaired) electrons. The molecule has 0 unspecified atom stereocenters. The van der Waals surface area contributed by atoms with Crippen molar-refractivity contribution in [1.82, 2.24) is 15.6 Å². The molecule has 0 bridgehead atoms. The minimum Gasteiger partial charge on any atom is -0.444 e. The number of ether oxygens (including phenoxy) is 1. The Kier molecular flexibility index (Phi) is 5.90. The van der Waals surface area contributed by atoms with Gasteiger partial charge in [-0.3, -0.25) is 4.79 Å². The Morgan fingerprint density at radius 2 is 1.92 bits per heavy atom. The Balaban J connectivity index is 1.84. The Bertz CT molecular complexity index is 718. The number of halogens is 1. The maximum absolute atomic E-state index is 12.3. The first kappa shape index (κ1) is 18.4. The Hall–Kier alpha value is -1.99. The number of aromatic amines is 1. The Labute approximate surface area is 149 Å². The number of rotatable bonds is 5. The zero-order chi connectivity index (χ0) is 17.7. The van der Waals surface area contributed by atoms with Crippen molar-refractivity contribution in [1.29, 1.82) is 0 Å². The van der Waals surface area contributed by atoms with E-state index in [4.69, 9.17) is 16.3 Å². The van der Waals surface area contributed by atoms with Crippen LogP contribution in [-0.4, -0.2) is 35.7 Å². The molecule has 0 saturated heterocycles. The van der Waals surface area contributed by atoms with Gasteiger partial charge in [-0.2, -0.15) is 0 Å². The minimum absolute atomic E-state index is 0.221. The minimum atomic E-state index is -0.546. The number of amides is 2. The van der Waals surface area contributed by atoms with E-state index in [1.807, 2.05) is 6.07 Å². The molecule has 0 atom stereocenters. The van der Waals surface area contributed by atoms with Crippen LogP contribution in [0, 0.1) is 0 Å². The highest BCUT2D eigenvalue weighted by atomic mass is 35.5. The molecule has 2 aromatic rings. The highest BCUT2D eigenvalue weighted by Gasteiger charge is 2.17. The number of carbonyl (C=O) groups is 2. The number of carbonyl (C=O) groups excluding carboxylic acids is 2. The van der Waals surface area contributed by atoms with E-state index in [1.165, 1.54) is 11.3 Å². The number of aromatic nitrogens is 1. The van der Waals surface area contributed by atoms with Gasteiger partial charge in [0.2, 0.25) is 0 Å². The van der Waals surface area contributed by atoms with E-state index in [0.717, 1.165) is 10.4 Å². The van der Waals surface area contributed by atoms with Gasteiger partial charge in [-0.15, -0.1) is 11.3 Å². The second-order valence-electron chi connectivity index (χ2n) is 6.07. The molecule has 0 spiro atoms. The first-order valence-electron chi connectivity index (χ1n) is 7.44. The Morgan fingerprint density at radius 3 is 2.54 bits per heavy atom. The van der Waals surface area contributed by atoms with Crippen LogP contribution >= 0.6 is 22.9 Å². The fraction of sp³-hybridized carbons (Fsp3) is 0.375. The summed E-state index contributed by atoms with van der Waals surface area (Å²) in [6, 6.07) is 3.66. The van der Waals surface area contributed by atoms with Crippen molar-refractivity contribution in [3.63, 3.8) is 0 Å². The summed E-state index contributed by atoms with van der Waals surface area (Å²) >= 11 is 7.35. The van der Waals surface area contributed by atoms with Crippen molar-refractivity contribution in [2.45, 2.75) is 26.4 Å². The second kappa shape index (κ2) is 7.72. The van der Waals surface area contributed by atoms with E-state index in [-0.39, 0.29) is 12.5 Å². The van der Waals surface area contributed by atoms with Crippen molar-refractivity contribution in [2.75, 3.05) is 13.1 Å². The fourth-order valence-corrected chi connectivity index (χ4v) is 3.04. The molecule has 24 heavy (non-hydrogen) atoms. The molecule has 0 aromatic carbocycles. The third kappa shape index (κ3) is 5.28. The van der Waals surface area contributed by atoms with Gasteiger partial charge in [0.25, 0.3) is 5.91 Å². The normalized spacial score (nSPS) is 11.2. The van der Waals surface area contributed by atoms with Gasteiger partial charge in [0, 0.05) is 35.9 Å². The summed E-state index contributed by atoms with van der Waals surface area (Å²) in [6.07, 6.45) is 2.89. The molecule has 2 heterocycles. The van der Waals surface area contributed by atoms with Crippen LogP contribution in [0.15, 0.2) is 24.5 Å². The van der Waals surface area contributed by atoms with Gasteiger partial charge >= 0.3 is 6.09 Å². The molecule has 2 aromatic heterocycles. The van der Waals surface area contributed by atoms with E-state index in [0.29, 0.717) is 16.4 Å². The quantitative estimate of drug-likeness (QED) is 0.703.